The van der Waals surface area contributed by atoms with Crippen LogP contribution in [0.25, 0.3) is 0 Å². The van der Waals surface area contributed by atoms with Gasteiger partial charge < -0.3 is 0 Å². The van der Waals surface area contributed by atoms with E-state index in [9.17, 15) is 0 Å². The van der Waals surface area contributed by atoms with Crippen molar-refractivity contribution in [3.63, 3.8) is 0 Å². The van der Waals surface area contributed by atoms with Crippen molar-refractivity contribution >= 4 is 11.8 Å². The molecule has 0 unspecified atom stereocenters. The van der Waals surface area contributed by atoms with E-state index in [1.807, 2.05) is 17.8 Å². The lowest BCUT2D eigenvalue weighted by molar-refractivity contribution is 1.12. The van der Waals surface area contributed by atoms with E-state index < -0.39 is 0 Å². The Kier molecular flexibility index (Phi) is 3.46. The Labute approximate surface area is 95.3 Å². The van der Waals surface area contributed by atoms with Crippen molar-refractivity contribution in [3.05, 3.63) is 60.2 Å². The minimum Gasteiger partial charge on any atom is -0.0901 e. The van der Waals surface area contributed by atoms with E-state index >= 15 is 0 Å². The van der Waals surface area contributed by atoms with Crippen LogP contribution in [0.15, 0.2) is 64.4 Å². The molecule has 0 radical (unpaired) electrons. The maximum absolute atomic E-state index is 2.26. The van der Waals surface area contributed by atoms with Gasteiger partial charge in [-0.2, -0.15) is 0 Å². The molecule has 1 heteroatoms. The van der Waals surface area contributed by atoms with Crippen molar-refractivity contribution in [2.45, 2.75) is 23.1 Å². The molecule has 0 nitrogen and oxygen atoms in total. The second-order valence-corrected chi connectivity index (χ2v) is 4.56. The highest BCUT2D eigenvalue weighted by atomic mass is 32.2. The molecule has 0 heterocycles. The first-order valence-corrected chi connectivity index (χ1v) is 6.02. The van der Waals surface area contributed by atoms with Crippen LogP contribution in [0.3, 0.4) is 0 Å². The number of rotatable bonds is 3. The van der Waals surface area contributed by atoms with E-state index in [0.717, 1.165) is 6.42 Å². The minimum atomic E-state index is 1.10. The van der Waals surface area contributed by atoms with Gasteiger partial charge in [-0.25, -0.2) is 0 Å². The van der Waals surface area contributed by atoms with E-state index in [4.69, 9.17) is 0 Å². The SMILES string of the molecule is CCc1cccc(Sc2ccccc2)c1. The molecule has 0 saturated heterocycles. The van der Waals surface area contributed by atoms with Gasteiger partial charge in [0.05, 0.1) is 0 Å². The van der Waals surface area contributed by atoms with Crippen LogP contribution in [0.1, 0.15) is 12.5 Å². The van der Waals surface area contributed by atoms with Gasteiger partial charge in [0, 0.05) is 9.79 Å². The van der Waals surface area contributed by atoms with E-state index in [1.54, 1.807) is 0 Å². The first kappa shape index (κ1) is 10.3. The summed E-state index contributed by atoms with van der Waals surface area (Å²) in [6.45, 7) is 2.19. The van der Waals surface area contributed by atoms with Crippen LogP contribution >= 0.6 is 11.8 Å². The number of hydrogen-bond donors (Lipinski definition) is 0. The summed E-state index contributed by atoms with van der Waals surface area (Å²) >= 11 is 1.82. The predicted molar refractivity (Wildman–Crippen MR) is 66.4 cm³/mol. The van der Waals surface area contributed by atoms with Gasteiger partial charge >= 0.3 is 0 Å². The highest BCUT2D eigenvalue weighted by Crippen LogP contribution is 2.27. The summed E-state index contributed by atoms with van der Waals surface area (Å²) in [5, 5.41) is 0. The zero-order valence-electron chi connectivity index (χ0n) is 8.81. The molecule has 0 aliphatic heterocycles. The fraction of sp³-hybridized carbons (Fsp3) is 0.143. The molecule has 0 aromatic heterocycles. The van der Waals surface area contributed by atoms with Crippen LogP contribution in [0.5, 0.6) is 0 Å². The molecule has 15 heavy (non-hydrogen) atoms. The van der Waals surface area contributed by atoms with E-state index in [0.29, 0.717) is 0 Å². The minimum absolute atomic E-state index is 1.10. The summed E-state index contributed by atoms with van der Waals surface area (Å²) in [7, 11) is 0. The molecule has 0 aliphatic carbocycles. The summed E-state index contributed by atoms with van der Waals surface area (Å²) in [6.07, 6.45) is 1.10. The van der Waals surface area contributed by atoms with Crippen LogP contribution in [-0.4, -0.2) is 0 Å². The summed E-state index contributed by atoms with van der Waals surface area (Å²) in [5.41, 5.74) is 1.40. The summed E-state index contributed by atoms with van der Waals surface area (Å²) in [6, 6.07) is 19.2. The van der Waals surface area contributed by atoms with Gasteiger partial charge in [-0.05, 0) is 36.2 Å². The Balaban J connectivity index is 2.17. The highest BCUT2D eigenvalue weighted by Gasteiger charge is 1.97. The third kappa shape index (κ3) is 2.87. The topological polar surface area (TPSA) is 0 Å². The fourth-order valence-electron chi connectivity index (χ4n) is 1.45. The molecule has 2 aromatic carbocycles. The predicted octanol–water partition coefficient (Wildman–Crippen LogP) is 4.40. The molecule has 0 spiro atoms. The van der Waals surface area contributed by atoms with Crippen LogP contribution in [0.2, 0.25) is 0 Å². The summed E-state index contributed by atoms with van der Waals surface area (Å²) in [5.74, 6) is 0. The van der Waals surface area contributed by atoms with Crippen molar-refractivity contribution in [2.24, 2.45) is 0 Å². The molecule has 0 amide bonds. The highest BCUT2D eigenvalue weighted by molar-refractivity contribution is 7.99. The Morgan fingerprint density at radius 1 is 0.867 bits per heavy atom. The zero-order valence-corrected chi connectivity index (χ0v) is 9.63. The molecule has 76 valence electrons. The van der Waals surface area contributed by atoms with Crippen LogP contribution in [-0.2, 0) is 6.42 Å². The molecule has 0 bridgehead atoms. The van der Waals surface area contributed by atoms with Gasteiger partial charge in [-0.1, -0.05) is 49.0 Å². The smallest absolute Gasteiger partial charge is 0.0125 e. The largest absolute Gasteiger partial charge is 0.0901 e. The quantitative estimate of drug-likeness (QED) is 0.729. The van der Waals surface area contributed by atoms with Crippen molar-refractivity contribution in [1.29, 1.82) is 0 Å². The molecular formula is C14H14S. The van der Waals surface area contributed by atoms with Crippen LogP contribution in [0, 0.1) is 0 Å². The van der Waals surface area contributed by atoms with E-state index in [-0.39, 0.29) is 0 Å². The Hall–Kier alpha value is -1.21. The molecule has 0 aliphatic rings. The first-order valence-electron chi connectivity index (χ1n) is 5.20. The normalized spacial score (nSPS) is 10.2. The summed E-state index contributed by atoms with van der Waals surface area (Å²) in [4.78, 5) is 2.62. The van der Waals surface area contributed by atoms with Gasteiger partial charge in [-0.3, -0.25) is 0 Å². The van der Waals surface area contributed by atoms with Gasteiger partial charge in [0.25, 0.3) is 0 Å². The second kappa shape index (κ2) is 5.04. The third-order valence-electron chi connectivity index (χ3n) is 2.29. The van der Waals surface area contributed by atoms with Gasteiger partial charge in [0.2, 0.25) is 0 Å². The molecular weight excluding hydrogens is 200 g/mol. The monoisotopic (exact) mass is 214 g/mol. The lowest BCUT2D eigenvalue weighted by Crippen LogP contribution is -1.79. The molecule has 2 rings (SSSR count). The Morgan fingerprint density at radius 3 is 2.33 bits per heavy atom. The Bertz CT molecular complexity index is 420. The van der Waals surface area contributed by atoms with E-state index in [1.165, 1.54) is 15.4 Å². The van der Waals surface area contributed by atoms with Crippen molar-refractivity contribution < 1.29 is 0 Å². The molecule has 0 N–H and O–H groups in total. The van der Waals surface area contributed by atoms with Crippen molar-refractivity contribution in [2.75, 3.05) is 0 Å². The molecule has 0 saturated carbocycles. The van der Waals surface area contributed by atoms with Crippen LogP contribution in [0.4, 0.5) is 0 Å². The Morgan fingerprint density at radius 2 is 1.60 bits per heavy atom. The van der Waals surface area contributed by atoms with Crippen molar-refractivity contribution in [3.8, 4) is 0 Å². The maximum Gasteiger partial charge on any atom is 0.0125 e. The molecule has 2 aromatic rings. The standard InChI is InChI=1S/C14H14S/c1-2-12-7-6-10-14(11-12)15-13-8-4-3-5-9-13/h3-11H,2H2,1H3. The maximum atomic E-state index is 2.26. The number of hydrogen-bond acceptors (Lipinski definition) is 1. The lowest BCUT2D eigenvalue weighted by Gasteiger charge is -2.03. The van der Waals surface area contributed by atoms with Crippen molar-refractivity contribution in [1.82, 2.24) is 0 Å². The average Bonchev–Trinajstić information content (AvgIpc) is 2.31. The zero-order chi connectivity index (χ0) is 10.5. The fourth-order valence-corrected chi connectivity index (χ4v) is 2.38. The van der Waals surface area contributed by atoms with Gasteiger partial charge in [-0.15, -0.1) is 0 Å². The molecule has 0 atom stereocenters. The van der Waals surface area contributed by atoms with Crippen LogP contribution < -0.4 is 0 Å². The number of aryl methyl sites for hydroxylation is 1. The second-order valence-electron chi connectivity index (χ2n) is 3.42. The third-order valence-corrected chi connectivity index (χ3v) is 3.28. The number of benzene rings is 2. The lowest BCUT2D eigenvalue weighted by atomic mass is 10.2. The average molecular weight is 214 g/mol. The van der Waals surface area contributed by atoms with E-state index in [2.05, 4.69) is 55.5 Å². The first-order chi connectivity index (χ1) is 7.38. The van der Waals surface area contributed by atoms with Gasteiger partial charge in [0.15, 0.2) is 0 Å². The summed E-state index contributed by atoms with van der Waals surface area (Å²) < 4.78 is 0. The molecule has 0 fully saturated rings. The van der Waals surface area contributed by atoms with Gasteiger partial charge in [0.1, 0.15) is 0 Å².